The maximum absolute atomic E-state index is 12.5. The fourth-order valence-electron chi connectivity index (χ4n) is 2.92. The first-order valence-electron chi connectivity index (χ1n) is 8.03. The molecule has 1 aliphatic heterocycles. The van der Waals surface area contributed by atoms with Crippen molar-refractivity contribution in [1.82, 2.24) is 10.2 Å². The summed E-state index contributed by atoms with van der Waals surface area (Å²) >= 11 is 0. The van der Waals surface area contributed by atoms with Crippen LogP contribution in [0.5, 0.6) is 0 Å². The lowest BCUT2D eigenvalue weighted by atomic mass is 9.98. The van der Waals surface area contributed by atoms with E-state index in [9.17, 15) is 18.0 Å². The van der Waals surface area contributed by atoms with Gasteiger partial charge in [-0.15, -0.1) is 0 Å². The third-order valence-electron chi connectivity index (χ3n) is 4.28. The predicted octanol–water partition coefficient (Wildman–Crippen LogP) is 3.10. The molecule has 1 fully saturated rings. The van der Waals surface area contributed by atoms with Crippen LogP contribution in [0.4, 0.5) is 13.2 Å². The van der Waals surface area contributed by atoms with Gasteiger partial charge in [-0.05, 0) is 49.5 Å². The molecule has 0 saturated carbocycles. The Bertz CT molecular complexity index is 514. The number of benzene rings is 1. The molecule has 0 spiro atoms. The molecule has 1 aromatic rings. The molecule has 1 aromatic carbocycles. The third-order valence-corrected chi connectivity index (χ3v) is 4.28. The van der Waals surface area contributed by atoms with Crippen molar-refractivity contribution in [3.63, 3.8) is 0 Å². The van der Waals surface area contributed by atoms with Crippen LogP contribution in [0.3, 0.4) is 0 Å². The minimum atomic E-state index is -4.34. The molecule has 1 heterocycles. The van der Waals surface area contributed by atoms with Crippen molar-refractivity contribution >= 4 is 5.91 Å². The molecule has 0 unspecified atom stereocenters. The Balaban J connectivity index is 1.78. The van der Waals surface area contributed by atoms with Gasteiger partial charge in [0.05, 0.1) is 12.0 Å². The van der Waals surface area contributed by atoms with E-state index in [1.807, 2.05) is 0 Å². The second-order valence-electron chi connectivity index (χ2n) is 6.08. The highest BCUT2D eigenvalue weighted by Gasteiger charge is 2.30. The van der Waals surface area contributed by atoms with E-state index in [1.54, 1.807) is 0 Å². The Morgan fingerprint density at radius 1 is 1.30 bits per heavy atom. The van der Waals surface area contributed by atoms with Gasteiger partial charge in [-0.25, -0.2) is 0 Å². The standard InChI is InChI=1S/C17H23F3N2O/c1-2-22-9-3-4-14(12-22)11-21-16(23)10-13-5-7-15(8-6-13)17(18,19)20/h5-8,14H,2-4,9-12H2,1H3,(H,21,23)/t14-/m0/s1. The van der Waals surface area contributed by atoms with Gasteiger partial charge in [0.1, 0.15) is 0 Å². The monoisotopic (exact) mass is 328 g/mol. The summed E-state index contributed by atoms with van der Waals surface area (Å²) in [5.74, 6) is 0.318. The molecule has 6 heteroatoms. The van der Waals surface area contributed by atoms with E-state index in [1.165, 1.54) is 12.1 Å². The summed E-state index contributed by atoms with van der Waals surface area (Å²) in [5, 5.41) is 2.90. The van der Waals surface area contributed by atoms with Crippen LogP contribution in [0.25, 0.3) is 0 Å². The number of amides is 1. The number of hydrogen-bond donors (Lipinski definition) is 1. The Hall–Kier alpha value is -1.56. The topological polar surface area (TPSA) is 32.3 Å². The van der Waals surface area contributed by atoms with Crippen molar-refractivity contribution in [3.05, 3.63) is 35.4 Å². The van der Waals surface area contributed by atoms with Crippen LogP contribution in [0, 0.1) is 5.92 Å². The number of rotatable bonds is 5. The molecule has 23 heavy (non-hydrogen) atoms. The SMILES string of the molecule is CCN1CCC[C@@H](CNC(=O)Cc2ccc(C(F)(F)F)cc2)C1. The average Bonchev–Trinajstić information content (AvgIpc) is 2.53. The first-order valence-corrected chi connectivity index (χ1v) is 8.03. The highest BCUT2D eigenvalue weighted by molar-refractivity contribution is 5.78. The van der Waals surface area contributed by atoms with Crippen LogP contribution in [0.1, 0.15) is 30.9 Å². The Kier molecular flexibility index (Phi) is 6.04. The van der Waals surface area contributed by atoms with Gasteiger partial charge in [0.15, 0.2) is 0 Å². The Labute approximate surface area is 134 Å². The summed E-state index contributed by atoms with van der Waals surface area (Å²) in [5.41, 5.74) is -0.0992. The molecule has 1 aliphatic rings. The van der Waals surface area contributed by atoms with E-state index < -0.39 is 11.7 Å². The molecule has 1 saturated heterocycles. The maximum atomic E-state index is 12.5. The second kappa shape index (κ2) is 7.81. The number of hydrogen-bond acceptors (Lipinski definition) is 2. The van der Waals surface area contributed by atoms with Crippen molar-refractivity contribution in [1.29, 1.82) is 0 Å². The summed E-state index contributed by atoms with van der Waals surface area (Å²) in [7, 11) is 0. The zero-order valence-electron chi connectivity index (χ0n) is 13.3. The molecule has 3 nitrogen and oxygen atoms in total. The molecule has 2 rings (SSSR count). The van der Waals surface area contributed by atoms with Crippen LogP contribution in [-0.4, -0.2) is 37.0 Å². The number of nitrogens with zero attached hydrogens (tertiary/aromatic N) is 1. The lowest BCUT2D eigenvalue weighted by molar-refractivity contribution is -0.137. The fourth-order valence-corrected chi connectivity index (χ4v) is 2.92. The molecular formula is C17H23F3N2O. The molecule has 1 amide bonds. The van der Waals surface area contributed by atoms with Crippen molar-refractivity contribution in [2.45, 2.75) is 32.4 Å². The number of halogens is 3. The first-order chi connectivity index (χ1) is 10.9. The summed E-state index contributed by atoms with van der Waals surface area (Å²) < 4.78 is 37.5. The van der Waals surface area contributed by atoms with Gasteiger partial charge in [0.2, 0.25) is 5.91 Å². The maximum Gasteiger partial charge on any atom is 0.416 e. The van der Waals surface area contributed by atoms with E-state index in [-0.39, 0.29) is 12.3 Å². The highest BCUT2D eigenvalue weighted by atomic mass is 19.4. The highest BCUT2D eigenvalue weighted by Crippen LogP contribution is 2.29. The van der Waals surface area contributed by atoms with Gasteiger partial charge in [-0.2, -0.15) is 13.2 Å². The van der Waals surface area contributed by atoms with Crippen molar-refractivity contribution < 1.29 is 18.0 Å². The van der Waals surface area contributed by atoms with Gasteiger partial charge in [-0.3, -0.25) is 4.79 Å². The van der Waals surface area contributed by atoms with Crippen LogP contribution in [0.2, 0.25) is 0 Å². The Morgan fingerprint density at radius 2 is 2.00 bits per heavy atom. The largest absolute Gasteiger partial charge is 0.416 e. The third kappa shape index (κ3) is 5.53. The molecule has 0 radical (unpaired) electrons. The minimum absolute atomic E-state index is 0.113. The van der Waals surface area contributed by atoms with Gasteiger partial charge >= 0.3 is 6.18 Å². The van der Waals surface area contributed by atoms with E-state index >= 15 is 0 Å². The van der Waals surface area contributed by atoms with Crippen LogP contribution in [-0.2, 0) is 17.4 Å². The quantitative estimate of drug-likeness (QED) is 0.901. The molecule has 0 bridgehead atoms. The molecule has 0 aromatic heterocycles. The molecule has 1 N–H and O–H groups in total. The summed E-state index contributed by atoms with van der Waals surface area (Å²) in [6.45, 7) is 5.90. The number of carbonyl (C=O) groups is 1. The number of carbonyl (C=O) groups excluding carboxylic acids is 1. The van der Waals surface area contributed by atoms with Gasteiger partial charge in [0.25, 0.3) is 0 Å². The zero-order chi connectivity index (χ0) is 16.9. The van der Waals surface area contributed by atoms with E-state index in [4.69, 9.17) is 0 Å². The van der Waals surface area contributed by atoms with Gasteiger partial charge < -0.3 is 10.2 Å². The number of alkyl halides is 3. The number of likely N-dealkylation sites (tertiary alicyclic amines) is 1. The van der Waals surface area contributed by atoms with E-state index in [0.29, 0.717) is 18.0 Å². The van der Waals surface area contributed by atoms with Crippen molar-refractivity contribution in [3.8, 4) is 0 Å². The normalized spacial score (nSPS) is 19.6. The average molecular weight is 328 g/mol. The van der Waals surface area contributed by atoms with Crippen LogP contribution < -0.4 is 5.32 Å². The Morgan fingerprint density at radius 3 is 2.61 bits per heavy atom. The second-order valence-corrected chi connectivity index (χ2v) is 6.08. The summed E-state index contributed by atoms with van der Waals surface area (Å²) in [6, 6.07) is 4.76. The van der Waals surface area contributed by atoms with Crippen molar-refractivity contribution in [2.75, 3.05) is 26.2 Å². The van der Waals surface area contributed by atoms with E-state index in [2.05, 4.69) is 17.1 Å². The lowest BCUT2D eigenvalue weighted by Gasteiger charge is -2.31. The van der Waals surface area contributed by atoms with Gasteiger partial charge in [0, 0.05) is 13.1 Å². The van der Waals surface area contributed by atoms with Crippen molar-refractivity contribution in [2.24, 2.45) is 5.92 Å². The number of nitrogens with one attached hydrogen (secondary N) is 1. The molecule has 1 atom stereocenters. The van der Waals surface area contributed by atoms with Gasteiger partial charge in [-0.1, -0.05) is 19.1 Å². The minimum Gasteiger partial charge on any atom is -0.355 e. The fraction of sp³-hybridized carbons (Fsp3) is 0.588. The zero-order valence-corrected chi connectivity index (χ0v) is 13.3. The lowest BCUT2D eigenvalue weighted by Crippen LogP contribution is -2.41. The molecule has 128 valence electrons. The summed E-state index contributed by atoms with van der Waals surface area (Å²) in [6.07, 6.45) is -1.97. The smallest absolute Gasteiger partial charge is 0.355 e. The van der Waals surface area contributed by atoms with Crippen LogP contribution >= 0.6 is 0 Å². The van der Waals surface area contributed by atoms with Crippen LogP contribution in [0.15, 0.2) is 24.3 Å². The molecular weight excluding hydrogens is 305 g/mol. The summed E-state index contributed by atoms with van der Waals surface area (Å²) in [4.78, 5) is 14.3. The molecule has 0 aliphatic carbocycles. The van der Waals surface area contributed by atoms with E-state index in [0.717, 1.165) is 44.6 Å². The predicted molar refractivity (Wildman–Crippen MR) is 83.0 cm³/mol. The first kappa shape index (κ1) is 17.8. The number of piperidine rings is 1.